The lowest BCUT2D eigenvalue weighted by atomic mass is 10.3. The van der Waals surface area contributed by atoms with Gasteiger partial charge < -0.3 is 15.6 Å². The van der Waals surface area contributed by atoms with Gasteiger partial charge in [-0.15, -0.1) is 0 Å². The first-order chi connectivity index (χ1) is 10.2. The molecule has 3 aromatic rings. The van der Waals surface area contributed by atoms with E-state index in [4.69, 9.17) is 0 Å². The number of anilines is 1. The number of rotatable bonds is 3. The van der Waals surface area contributed by atoms with Crippen molar-refractivity contribution in [1.29, 1.82) is 0 Å². The molecular weight excluding hydrogens is 266 g/mol. The van der Waals surface area contributed by atoms with Gasteiger partial charge in [0.05, 0.1) is 29.0 Å². The van der Waals surface area contributed by atoms with Crippen LogP contribution in [-0.2, 0) is 0 Å². The standard InChI is InChI=1S/C15H15N5O/c1-10(14-19-12-6-2-3-7-13(12)20-14)17-15(21)18-11-5-4-8-16-9-11/h2-10H,1H3,(H,19,20)(H2,17,18,21). The SMILES string of the molecule is CC(NC(=O)Nc1cccnc1)c1nc2ccccc2[nH]1. The first-order valence-electron chi connectivity index (χ1n) is 6.64. The van der Waals surface area contributed by atoms with Crippen LogP contribution in [0.2, 0.25) is 0 Å². The monoisotopic (exact) mass is 281 g/mol. The summed E-state index contributed by atoms with van der Waals surface area (Å²) < 4.78 is 0. The number of aromatic amines is 1. The smallest absolute Gasteiger partial charge is 0.319 e. The fourth-order valence-electron chi connectivity index (χ4n) is 2.05. The van der Waals surface area contributed by atoms with Crippen molar-refractivity contribution in [1.82, 2.24) is 20.3 Å². The number of hydrogen-bond donors (Lipinski definition) is 3. The largest absolute Gasteiger partial charge is 0.340 e. The summed E-state index contributed by atoms with van der Waals surface area (Å²) in [6.07, 6.45) is 3.24. The summed E-state index contributed by atoms with van der Waals surface area (Å²) >= 11 is 0. The molecule has 1 unspecified atom stereocenters. The highest BCUT2D eigenvalue weighted by Gasteiger charge is 2.13. The van der Waals surface area contributed by atoms with Gasteiger partial charge in [-0.3, -0.25) is 4.98 Å². The van der Waals surface area contributed by atoms with Gasteiger partial charge in [-0.05, 0) is 31.2 Å². The third kappa shape index (κ3) is 3.00. The Hall–Kier alpha value is -2.89. The third-order valence-corrected chi connectivity index (χ3v) is 3.08. The normalized spacial score (nSPS) is 12.0. The van der Waals surface area contributed by atoms with Crippen molar-refractivity contribution >= 4 is 22.8 Å². The number of para-hydroxylation sites is 2. The summed E-state index contributed by atoms with van der Waals surface area (Å²) in [7, 11) is 0. The van der Waals surface area contributed by atoms with Crippen molar-refractivity contribution in [3.8, 4) is 0 Å². The van der Waals surface area contributed by atoms with Crippen LogP contribution in [0.3, 0.4) is 0 Å². The van der Waals surface area contributed by atoms with Crippen LogP contribution in [0.5, 0.6) is 0 Å². The van der Waals surface area contributed by atoms with E-state index >= 15 is 0 Å². The van der Waals surface area contributed by atoms with E-state index in [1.165, 1.54) is 0 Å². The predicted molar refractivity (Wildman–Crippen MR) is 80.9 cm³/mol. The fraction of sp³-hybridized carbons (Fsp3) is 0.133. The van der Waals surface area contributed by atoms with Gasteiger partial charge in [0.15, 0.2) is 0 Å². The van der Waals surface area contributed by atoms with Gasteiger partial charge in [0, 0.05) is 6.20 Å². The second-order valence-electron chi connectivity index (χ2n) is 4.70. The molecule has 3 N–H and O–H groups in total. The van der Waals surface area contributed by atoms with Gasteiger partial charge in [-0.1, -0.05) is 12.1 Å². The summed E-state index contributed by atoms with van der Waals surface area (Å²) in [6, 6.07) is 10.8. The molecule has 0 aliphatic heterocycles. The van der Waals surface area contributed by atoms with E-state index in [0.717, 1.165) is 16.9 Å². The lowest BCUT2D eigenvalue weighted by Crippen LogP contribution is -2.31. The fourth-order valence-corrected chi connectivity index (χ4v) is 2.05. The second-order valence-corrected chi connectivity index (χ2v) is 4.70. The molecule has 1 atom stereocenters. The first kappa shape index (κ1) is 13.1. The molecular formula is C15H15N5O. The number of carbonyl (C=O) groups excluding carboxylic acids is 1. The Kier molecular flexibility index (Phi) is 3.51. The molecule has 0 spiro atoms. The van der Waals surface area contributed by atoms with Crippen LogP contribution in [0.15, 0.2) is 48.8 Å². The molecule has 2 amide bonds. The average molecular weight is 281 g/mol. The number of nitrogens with zero attached hydrogens (tertiary/aromatic N) is 2. The van der Waals surface area contributed by atoms with E-state index in [0.29, 0.717) is 5.69 Å². The van der Waals surface area contributed by atoms with E-state index in [1.54, 1.807) is 24.5 Å². The number of nitrogens with one attached hydrogen (secondary N) is 3. The highest BCUT2D eigenvalue weighted by molar-refractivity contribution is 5.89. The minimum atomic E-state index is -0.295. The summed E-state index contributed by atoms with van der Waals surface area (Å²) in [5.74, 6) is 0.720. The van der Waals surface area contributed by atoms with Crippen LogP contribution in [-0.4, -0.2) is 21.0 Å². The Balaban J connectivity index is 1.68. The molecule has 0 fully saturated rings. The van der Waals surface area contributed by atoms with Gasteiger partial charge in [-0.25, -0.2) is 9.78 Å². The maximum Gasteiger partial charge on any atom is 0.319 e. The van der Waals surface area contributed by atoms with Crippen molar-refractivity contribution in [3.63, 3.8) is 0 Å². The number of hydrogen-bond acceptors (Lipinski definition) is 3. The highest BCUT2D eigenvalue weighted by Crippen LogP contribution is 2.15. The lowest BCUT2D eigenvalue weighted by molar-refractivity contribution is 0.249. The van der Waals surface area contributed by atoms with Crippen molar-refractivity contribution in [2.75, 3.05) is 5.32 Å². The van der Waals surface area contributed by atoms with Crippen LogP contribution >= 0.6 is 0 Å². The third-order valence-electron chi connectivity index (χ3n) is 3.08. The molecule has 0 saturated heterocycles. The summed E-state index contributed by atoms with van der Waals surface area (Å²) in [5.41, 5.74) is 2.48. The maximum absolute atomic E-state index is 11.9. The number of urea groups is 1. The summed E-state index contributed by atoms with van der Waals surface area (Å²) in [4.78, 5) is 23.5. The molecule has 0 saturated carbocycles. The average Bonchev–Trinajstić information content (AvgIpc) is 2.92. The molecule has 106 valence electrons. The number of H-pyrrole nitrogens is 1. The molecule has 0 radical (unpaired) electrons. The predicted octanol–water partition coefficient (Wildman–Crippen LogP) is 2.84. The molecule has 0 aliphatic carbocycles. The van der Waals surface area contributed by atoms with Gasteiger partial charge in [0.25, 0.3) is 0 Å². The Morgan fingerprint density at radius 3 is 2.86 bits per heavy atom. The Morgan fingerprint density at radius 1 is 1.24 bits per heavy atom. The molecule has 1 aromatic carbocycles. The second kappa shape index (κ2) is 5.62. The zero-order chi connectivity index (χ0) is 14.7. The first-order valence-corrected chi connectivity index (χ1v) is 6.64. The lowest BCUT2D eigenvalue weighted by Gasteiger charge is -2.12. The highest BCUT2D eigenvalue weighted by atomic mass is 16.2. The van der Waals surface area contributed by atoms with Gasteiger partial charge >= 0.3 is 6.03 Å². The van der Waals surface area contributed by atoms with Crippen LogP contribution < -0.4 is 10.6 Å². The number of imidazole rings is 1. The molecule has 6 heteroatoms. The van der Waals surface area contributed by atoms with Crippen LogP contribution in [0.25, 0.3) is 11.0 Å². The van der Waals surface area contributed by atoms with E-state index < -0.39 is 0 Å². The maximum atomic E-state index is 11.9. The van der Waals surface area contributed by atoms with Crippen LogP contribution in [0.1, 0.15) is 18.8 Å². The topological polar surface area (TPSA) is 82.7 Å². The van der Waals surface area contributed by atoms with E-state index in [-0.39, 0.29) is 12.1 Å². The van der Waals surface area contributed by atoms with Crippen molar-refractivity contribution in [3.05, 3.63) is 54.6 Å². The molecule has 6 nitrogen and oxygen atoms in total. The number of benzene rings is 1. The zero-order valence-corrected chi connectivity index (χ0v) is 11.5. The van der Waals surface area contributed by atoms with Gasteiger partial charge in [0.1, 0.15) is 5.82 Å². The number of aromatic nitrogens is 3. The quantitative estimate of drug-likeness (QED) is 0.690. The van der Waals surface area contributed by atoms with Crippen LogP contribution in [0, 0.1) is 0 Å². The van der Waals surface area contributed by atoms with E-state index in [9.17, 15) is 4.79 Å². The van der Waals surface area contributed by atoms with Crippen molar-refractivity contribution < 1.29 is 4.79 Å². The van der Waals surface area contributed by atoms with Crippen molar-refractivity contribution in [2.45, 2.75) is 13.0 Å². The number of amides is 2. The van der Waals surface area contributed by atoms with Gasteiger partial charge in [-0.2, -0.15) is 0 Å². The molecule has 2 heterocycles. The molecule has 2 aromatic heterocycles. The van der Waals surface area contributed by atoms with Crippen LogP contribution in [0.4, 0.5) is 10.5 Å². The minimum Gasteiger partial charge on any atom is -0.340 e. The Bertz CT molecular complexity index is 720. The Morgan fingerprint density at radius 2 is 2.10 bits per heavy atom. The molecule has 21 heavy (non-hydrogen) atoms. The number of fused-ring (bicyclic) bond motifs is 1. The van der Waals surface area contributed by atoms with E-state index in [1.807, 2.05) is 31.2 Å². The van der Waals surface area contributed by atoms with E-state index in [2.05, 4.69) is 25.6 Å². The summed E-state index contributed by atoms with van der Waals surface area (Å²) in [5, 5.41) is 5.56. The number of carbonyl (C=O) groups is 1. The zero-order valence-electron chi connectivity index (χ0n) is 11.5. The molecule has 0 aliphatic rings. The molecule has 0 bridgehead atoms. The molecule has 3 rings (SSSR count). The van der Waals surface area contributed by atoms with Crippen molar-refractivity contribution in [2.24, 2.45) is 0 Å². The summed E-state index contributed by atoms with van der Waals surface area (Å²) in [6.45, 7) is 1.88. The minimum absolute atomic E-state index is 0.228. The Labute approximate surface area is 121 Å². The number of pyridine rings is 1. The van der Waals surface area contributed by atoms with Gasteiger partial charge in [0.2, 0.25) is 0 Å².